The lowest BCUT2D eigenvalue weighted by molar-refractivity contribution is -0.117. The molecule has 2 rings (SSSR count). The lowest BCUT2D eigenvalue weighted by Gasteiger charge is -2.11. The largest absolute Gasteiger partial charge is 0.369 e. The average molecular weight is 409 g/mol. The number of anilines is 1. The van der Waals surface area contributed by atoms with Crippen LogP contribution in [0.1, 0.15) is 15.9 Å². The van der Waals surface area contributed by atoms with Gasteiger partial charge in [-0.1, -0.05) is 41.4 Å². The first-order valence-electron chi connectivity index (χ1n) is 8.01. The van der Waals surface area contributed by atoms with E-state index in [2.05, 4.69) is 16.0 Å². The third kappa shape index (κ3) is 6.47. The minimum absolute atomic E-state index is 0.0240. The van der Waals surface area contributed by atoms with Crippen molar-refractivity contribution in [3.63, 3.8) is 0 Å². The third-order valence-corrected chi connectivity index (χ3v) is 4.25. The second-order valence-electron chi connectivity index (χ2n) is 5.57. The summed E-state index contributed by atoms with van der Waals surface area (Å²) < 4.78 is 0. The van der Waals surface area contributed by atoms with Gasteiger partial charge in [0.1, 0.15) is 0 Å². The molecule has 0 aliphatic carbocycles. The molecule has 0 saturated heterocycles. The number of halogens is 2. The first-order valence-corrected chi connectivity index (χ1v) is 8.76. The van der Waals surface area contributed by atoms with E-state index < -0.39 is 11.9 Å². The van der Waals surface area contributed by atoms with Gasteiger partial charge in [-0.3, -0.25) is 9.59 Å². The summed E-state index contributed by atoms with van der Waals surface area (Å²) >= 11 is 11.7. The van der Waals surface area contributed by atoms with Gasteiger partial charge in [0.15, 0.2) is 0 Å². The lowest BCUT2D eigenvalue weighted by atomic mass is 10.1. The van der Waals surface area contributed by atoms with Crippen LogP contribution in [-0.4, -0.2) is 30.9 Å². The Labute approximate surface area is 166 Å². The Bertz CT molecular complexity index is 858. The SMILES string of the molecule is NC(=O)Cc1ccccc1NC(=O)NCCNC(=O)c1ccc(Cl)c(Cl)c1. The van der Waals surface area contributed by atoms with Gasteiger partial charge >= 0.3 is 6.03 Å². The van der Waals surface area contributed by atoms with E-state index in [0.29, 0.717) is 21.8 Å². The van der Waals surface area contributed by atoms with Crippen LogP contribution >= 0.6 is 23.2 Å². The van der Waals surface area contributed by atoms with Crippen molar-refractivity contribution in [1.82, 2.24) is 10.6 Å². The fourth-order valence-corrected chi connectivity index (χ4v) is 2.54. The van der Waals surface area contributed by atoms with Crippen LogP contribution in [0, 0.1) is 0 Å². The number of benzene rings is 2. The zero-order chi connectivity index (χ0) is 19.8. The van der Waals surface area contributed by atoms with E-state index in [1.165, 1.54) is 12.1 Å². The van der Waals surface area contributed by atoms with Gasteiger partial charge in [-0.2, -0.15) is 0 Å². The van der Waals surface area contributed by atoms with Gasteiger partial charge < -0.3 is 21.7 Å². The quantitative estimate of drug-likeness (QED) is 0.527. The van der Waals surface area contributed by atoms with Gasteiger partial charge in [-0.05, 0) is 29.8 Å². The predicted molar refractivity (Wildman–Crippen MR) is 105 cm³/mol. The van der Waals surface area contributed by atoms with Crippen molar-refractivity contribution < 1.29 is 14.4 Å². The highest BCUT2D eigenvalue weighted by Crippen LogP contribution is 2.22. The summed E-state index contributed by atoms with van der Waals surface area (Å²) in [6.07, 6.45) is 0.0240. The number of carbonyl (C=O) groups is 3. The molecule has 4 amide bonds. The van der Waals surface area contributed by atoms with Gasteiger partial charge in [0.2, 0.25) is 5.91 Å². The highest BCUT2D eigenvalue weighted by molar-refractivity contribution is 6.42. The average Bonchev–Trinajstić information content (AvgIpc) is 2.62. The van der Waals surface area contributed by atoms with Crippen LogP contribution in [0.15, 0.2) is 42.5 Å². The van der Waals surface area contributed by atoms with Gasteiger partial charge in [-0.15, -0.1) is 0 Å². The maximum absolute atomic E-state index is 12.0. The molecule has 0 aliphatic heterocycles. The van der Waals surface area contributed by atoms with Crippen LogP contribution < -0.4 is 21.7 Å². The van der Waals surface area contributed by atoms with E-state index in [-0.39, 0.29) is 30.4 Å². The van der Waals surface area contributed by atoms with E-state index in [0.717, 1.165) is 0 Å². The molecule has 7 nitrogen and oxygen atoms in total. The number of hydrogen-bond acceptors (Lipinski definition) is 3. The molecule has 0 bridgehead atoms. The number of hydrogen-bond donors (Lipinski definition) is 4. The molecule has 0 atom stereocenters. The van der Waals surface area contributed by atoms with Gasteiger partial charge in [-0.25, -0.2) is 4.79 Å². The molecule has 0 radical (unpaired) electrons. The molecular weight excluding hydrogens is 391 g/mol. The molecular formula is C18H18Cl2N4O3. The molecule has 0 aromatic heterocycles. The van der Waals surface area contributed by atoms with Crippen molar-refractivity contribution in [2.75, 3.05) is 18.4 Å². The monoisotopic (exact) mass is 408 g/mol. The summed E-state index contributed by atoms with van der Waals surface area (Å²) in [6, 6.07) is 11.0. The first kappa shape index (κ1) is 20.5. The van der Waals surface area contributed by atoms with Crippen molar-refractivity contribution in [3.05, 3.63) is 63.6 Å². The molecule has 2 aromatic rings. The van der Waals surface area contributed by atoms with Gasteiger partial charge in [0.05, 0.1) is 16.5 Å². The number of nitrogens with one attached hydrogen (secondary N) is 3. The topological polar surface area (TPSA) is 113 Å². The maximum Gasteiger partial charge on any atom is 0.319 e. The molecule has 2 aromatic carbocycles. The summed E-state index contributed by atoms with van der Waals surface area (Å²) in [6.45, 7) is 0.423. The fraction of sp³-hybridized carbons (Fsp3) is 0.167. The third-order valence-electron chi connectivity index (χ3n) is 3.51. The summed E-state index contributed by atoms with van der Waals surface area (Å²) in [5.74, 6) is -0.822. The van der Waals surface area contributed by atoms with Crippen molar-refractivity contribution in [2.24, 2.45) is 5.73 Å². The van der Waals surface area contributed by atoms with Crippen LogP contribution in [0.3, 0.4) is 0 Å². The second-order valence-corrected chi connectivity index (χ2v) is 6.38. The van der Waals surface area contributed by atoms with Crippen molar-refractivity contribution in [2.45, 2.75) is 6.42 Å². The van der Waals surface area contributed by atoms with E-state index in [1.54, 1.807) is 30.3 Å². The summed E-state index contributed by atoms with van der Waals surface area (Å²) in [7, 11) is 0. The molecule has 142 valence electrons. The zero-order valence-electron chi connectivity index (χ0n) is 14.2. The summed E-state index contributed by atoms with van der Waals surface area (Å²) in [4.78, 5) is 35.0. The molecule has 0 unspecified atom stereocenters. The van der Waals surface area contributed by atoms with Crippen LogP contribution in [0.25, 0.3) is 0 Å². The van der Waals surface area contributed by atoms with Crippen LogP contribution in [0.4, 0.5) is 10.5 Å². The highest BCUT2D eigenvalue weighted by atomic mass is 35.5. The lowest BCUT2D eigenvalue weighted by Crippen LogP contribution is -2.37. The molecule has 0 spiro atoms. The van der Waals surface area contributed by atoms with Crippen LogP contribution in [0.2, 0.25) is 10.0 Å². The smallest absolute Gasteiger partial charge is 0.319 e. The molecule has 0 aliphatic rings. The van der Waals surface area contributed by atoms with E-state index in [9.17, 15) is 14.4 Å². The Morgan fingerprint density at radius 2 is 1.63 bits per heavy atom. The van der Waals surface area contributed by atoms with Crippen molar-refractivity contribution in [1.29, 1.82) is 0 Å². The van der Waals surface area contributed by atoms with Crippen LogP contribution in [-0.2, 0) is 11.2 Å². The molecule has 9 heteroatoms. The standard InChI is InChI=1S/C18H18Cl2N4O3/c19-13-6-5-12(9-14(13)20)17(26)22-7-8-23-18(27)24-15-4-2-1-3-11(15)10-16(21)25/h1-6,9H,7-8,10H2,(H2,21,25)(H,22,26)(H2,23,24,27). The molecule has 0 saturated carbocycles. The number of nitrogens with two attached hydrogens (primary N) is 1. The summed E-state index contributed by atoms with van der Waals surface area (Å²) in [5, 5.41) is 8.57. The Morgan fingerprint density at radius 3 is 2.33 bits per heavy atom. The van der Waals surface area contributed by atoms with Crippen LogP contribution in [0.5, 0.6) is 0 Å². The normalized spacial score (nSPS) is 10.1. The van der Waals surface area contributed by atoms with Gasteiger partial charge in [0, 0.05) is 24.3 Å². The Balaban J connectivity index is 1.79. The zero-order valence-corrected chi connectivity index (χ0v) is 15.7. The number of urea groups is 1. The molecule has 0 fully saturated rings. The summed E-state index contributed by atoms with van der Waals surface area (Å²) in [5.41, 5.74) is 6.68. The van der Waals surface area contributed by atoms with E-state index in [4.69, 9.17) is 28.9 Å². The molecule has 0 heterocycles. The number of rotatable bonds is 7. The minimum atomic E-state index is -0.491. The minimum Gasteiger partial charge on any atom is -0.369 e. The van der Waals surface area contributed by atoms with E-state index >= 15 is 0 Å². The van der Waals surface area contributed by atoms with Crippen molar-refractivity contribution in [3.8, 4) is 0 Å². The maximum atomic E-state index is 12.0. The van der Waals surface area contributed by atoms with E-state index in [1.807, 2.05) is 0 Å². The number of primary amides is 1. The highest BCUT2D eigenvalue weighted by Gasteiger charge is 2.09. The number of amides is 4. The Kier molecular flexibility index (Phi) is 7.45. The van der Waals surface area contributed by atoms with Crippen molar-refractivity contribution >= 4 is 46.7 Å². The fourth-order valence-electron chi connectivity index (χ4n) is 2.24. The molecule has 27 heavy (non-hydrogen) atoms. The Hall–Kier alpha value is -2.77. The number of para-hydroxylation sites is 1. The predicted octanol–water partition coefficient (Wildman–Crippen LogP) is 2.57. The van der Waals surface area contributed by atoms with Gasteiger partial charge in [0.25, 0.3) is 5.91 Å². The molecule has 5 N–H and O–H groups in total. The first-order chi connectivity index (χ1) is 12.9. The number of carbonyl (C=O) groups excluding carboxylic acids is 3. The Morgan fingerprint density at radius 1 is 0.926 bits per heavy atom. The second kappa shape index (κ2) is 9.80.